The normalized spacial score (nSPS) is 27.3. The Bertz CT molecular complexity index is 373. The van der Waals surface area contributed by atoms with Crippen molar-refractivity contribution in [2.45, 2.75) is 51.2 Å². The summed E-state index contributed by atoms with van der Waals surface area (Å²) >= 11 is 0. The number of rotatable bonds is 2. The minimum absolute atomic E-state index is 0.193. The first-order valence-electron chi connectivity index (χ1n) is 7.30. The Morgan fingerprint density at radius 2 is 1.84 bits per heavy atom. The fourth-order valence-corrected chi connectivity index (χ4v) is 3.66. The van der Waals surface area contributed by atoms with Crippen LogP contribution in [0.3, 0.4) is 0 Å². The Labute approximate surface area is 114 Å². The van der Waals surface area contributed by atoms with Crippen molar-refractivity contribution in [3.05, 3.63) is 11.6 Å². The quantitative estimate of drug-likeness (QED) is 0.569. The first kappa shape index (κ1) is 13.1. The largest absolute Gasteiger partial charge is 0.463 e. The molecular weight excluding hydrogens is 244 g/mol. The Balaban J connectivity index is 1.52. The van der Waals surface area contributed by atoms with Gasteiger partial charge in [0, 0.05) is 18.9 Å². The number of hydrogen-bond donors (Lipinski definition) is 0. The molecule has 3 rings (SSSR count). The molecule has 3 fully saturated rings. The molecule has 2 saturated carbocycles. The molecule has 0 radical (unpaired) electrons. The number of esters is 1. The van der Waals surface area contributed by atoms with E-state index in [9.17, 15) is 4.79 Å². The predicted molar refractivity (Wildman–Crippen MR) is 69.5 cm³/mol. The zero-order valence-electron chi connectivity index (χ0n) is 11.6. The van der Waals surface area contributed by atoms with Gasteiger partial charge in [-0.25, -0.2) is 4.79 Å². The third-order valence-electron chi connectivity index (χ3n) is 4.70. The van der Waals surface area contributed by atoms with Gasteiger partial charge in [-0.1, -0.05) is 5.57 Å². The van der Waals surface area contributed by atoms with Crippen LogP contribution in [0.4, 0.5) is 0 Å². The third kappa shape index (κ3) is 2.56. The Hall–Kier alpha value is -0.870. The Morgan fingerprint density at radius 1 is 1.21 bits per heavy atom. The Kier molecular flexibility index (Phi) is 3.39. The van der Waals surface area contributed by atoms with E-state index in [1.54, 1.807) is 6.08 Å². The van der Waals surface area contributed by atoms with Crippen LogP contribution >= 0.6 is 0 Å². The molecule has 0 amide bonds. The molecular formula is C15H22O4. The van der Waals surface area contributed by atoms with Gasteiger partial charge in [0.15, 0.2) is 5.79 Å². The maximum atomic E-state index is 11.4. The van der Waals surface area contributed by atoms with Crippen molar-refractivity contribution in [2.24, 2.45) is 5.41 Å². The van der Waals surface area contributed by atoms with Crippen molar-refractivity contribution in [1.82, 2.24) is 0 Å². The van der Waals surface area contributed by atoms with E-state index >= 15 is 0 Å². The topological polar surface area (TPSA) is 44.8 Å². The lowest BCUT2D eigenvalue weighted by Crippen LogP contribution is -2.43. The molecule has 0 aromatic carbocycles. The zero-order valence-corrected chi connectivity index (χ0v) is 11.6. The molecule has 19 heavy (non-hydrogen) atoms. The van der Waals surface area contributed by atoms with E-state index in [-0.39, 0.29) is 11.8 Å². The van der Waals surface area contributed by atoms with Crippen LogP contribution in [-0.2, 0) is 19.0 Å². The van der Waals surface area contributed by atoms with Gasteiger partial charge in [-0.2, -0.15) is 0 Å². The molecule has 3 aliphatic rings. The van der Waals surface area contributed by atoms with Crippen LogP contribution in [0.15, 0.2) is 11.6 Å². The second-order valence-corrected chi connectivity index (χ2v) is 6.02. The number of carbonyl (C=O) groups is 1. The molecule has 0 unspecified atom stereocenters. The zero-order chi connectivity index (χ0) is 13.3. The molecule has 2 aliphatic carbocycles. The second-order valence-electron chi connectivity index (χ2n) is 6.02. The molecule has 2 spiro atoms. The van der Waals surface area contributed by atoms with Gasteiger partial charge in [-0.05, 0) is 38.0 Å². The van der Waals surface area contributed by atoms with Gasteiger partial charge in [0.05, 0.1) is 19.8 Å². The summed E-state index contributed by atoms with van der Waals surface area (Å²) in [6, 6.07) is 0. The SMILES string of the molecule is CCOC(=O)C=C1CC2(CCC3(CC2)OCCO3)C1. The van der Waals surface area contributed by atoms with Gasteiger partial charge >= 0.3 is 5.97 Å². The van der Waals surface area contributed by atoms with E-state index in [0.29, 0.717) is 12.0 Å². The van der Waals surface area contributed by atoms with E-state index in [1.165, 1.54) is 5.57 Å². The number of ether oxygens (including phenoxy) is 3. The highest BCUT2D eigenvalue weighted by Gasteiger charge is 2.50. The van der Waals surface area contributed by atoms with Crippen LogP contribution in [0.1, 0.15) is 45.4 Å². The summed E-state index contributed by atoms with van der Waals surface area (Å²) < 4.78 is 16.5. The summed E-state index contributed by atoms with van der Waals surface area (Å²) in [6.45, 7) is 3.76. The molecule has 1 aliphatic heterocycles. The van der Waals surface area contributed by atoms with Gasteiger partial charge in [-0.15, -0.1) is 0 Å². The molecule has 0 aromatic heterocycles. The van der Waals surface area contributed by atoms with Gasteiger partial charge in [0.25, 0.3) is 0 Å². The highest BCUT2D eigenvalue weighted by atomic mass is 16.7. The van der Waals surface area contributed by atoms with Crippen molar-refractivity contribution < 1.29 is 19.0 Å². The lowest BCUT2D eigenvalue weighted by molar-refractivity contribution is -0.195. The van der Waals surface area contributed by atoms with E-state index < -0.39 is 0 Å². The highest BCUT2D eigenvalue weighted by molar-refractivity contribution is 5.83. The average molecular weight is 266 g/mol. The van der Waals surface area contributed by atoms with Gasteiger partial charge in [-0.3, -0.25) is 0 Å². The standard InChI is InChI=1S/C15H22O4/c1-2-17-13(16)9-12-10-14(11-12)3-5-15(6-4-14)18-7-8-19-15/h9H,2-8,10-11H2,1H3. The molecule has 4 nitrogen and oxygen atoms in total. The highest BCUT2D eigenvalue weighted by Crippen LogP contribution is 2.57. The fourth-order valence-electron chi connectivity index (χ4n) is 3.66. The molecule has 1 heterocycles. The van der Waals surface area contributed by atoms with Crippen molar-refractivity contribution in [1.29, 1.82) is 0 Å². The summed E-state index contributed by atoms with van der Waals surface area (Å²) in [5, 5.41) is 0. The molecule has 0 bridgehead atoms. The second kappa shape index (κ2) is 4.91. The lowest BCUT2D eigenvalue weighted by Gasteiger charge is -2.50. The van der Waals surface area contributed by atoms with Gasteiger partial charge in [0.2, 0.25) is 0 Å². The summed E-state index contributed by atoms with van der Waals surface area (Å²) in [7, 11) is 0. The number of carbonyl (C=O) groups excluding carboxylic acids is 1. The molecule has 106 valence electrons. The maximum Gasteiger partial charge on any atom is 0.330 e. The predicted octanol–water partition coefficient (Wildman–Crippen LogP) is 2.57. The van der Waals surface area contributed by atoms with Crippen LogP contribution in [-0.4, -0.2) is 31.6 Å². The summed E-state index contributed by atoms with van der Waals surface area (Å²) in [6.07, 6.45) is 8.06. The van der Waals surface area contributed by atoms with Crippen molar-refractivity contribution in [3.63, 3.8) is 0 Å². The van der Waals surface area contributed by atoms with Gasteiger partial charge in [0.1, 0.15) is 0 Å². The molecule has 4 heteroatoms. The third-order valence-corrected chi connectivity index (χ3v) is 4.70. The lowest BCUT2D eigenvalue weighted by atomic mass is 9.57. The van der Waals surface area contributed by atoms with Gasteiger partial charge < -0.3 is 14.2 Å². The minimum Gasteiger partial charge on any atom is -0.463 e. The molecule has 1 saturated heterocycles. The van der Waals surface area contributed by atoms with Crippen LogP contribution < -0.4 is 0 Å². The molecule has 0 atom stereocenters. The van der Waals surface area contributed by atoms with E-state index in [0.717, 1.165) is 51.7 Å². The maximum absolute atomic E-state index is 11.4. The Morgan fingerprint density at radius 3 is 2.42 bits per heavy atom. The van der Waals surface area contributed by atoms with Crippen LogP contribution in [0, 0.1) is 5.41 Å². The number of allylic oxidation sites excluding steroid dienone is 1. The molecule has 0 N–H and O–H groups in total. The average Bonchev–Trinajstić information content (AvgIpc) is 2.79. The fraction of sp³-hybridized carbons (Fsp3) is 0.800. The number of hydrogen-bond acceptors (Lipinski definition) is 4. The summed E-state index contributed by atoms with van der Waals surface area (Å²) in [5.41, 5.74) is 1.64. The first-order chi connectivity index (χ1) is 9.15. The monoisotopic (exact) mass is 266 g/mol. The van der Waals surface area contributed by atoms with E-state index in [4.69, 9.17) is 14.2 Å². The first-order valence-corrected chi connectivity index (χ1v) is 7.30. The minimum atomic E-state index is -0.272. The smallest absolute Gasteiger partial charge is 0.330 e. The summed E-state index contributed by atoms with van der Waals surface area (Å²) in [5.74, 6) is -0.464. The van der Waals surface area contributed by atoms with Crippen LogP contribution in [0.25, 0.3) is 0 Å². The summed E-state index contributed by atoms with van der Waals surface area (Å²) in [4.78, 5) is 11.4. The van der Waals surface area contributed by atoms with E-state index in [2.05, 4.69) is 0 Å². The van der Waals surface area contributed by atoms with E-state index in [1.807, 2.05) is 6.92 Å². The van der Waals surface area contributed by atoms with Crippen molar-refractivity contribution in [2.75, 3.05) is 19.8 Å². The van der Waals surface area contributed by atoms with Crippen molar-refractivity contribution >= 4 is 5.97 Å². The van der Waals surface area contributed by atoms with Crippen molar-refractivity contribution in [3.8, 4) is 0 Å². The van der Waals surface area contributed by atoms with Crippen LogP contribution in [0.5, 0.6) is 0 Å². The van der Waals surface area contributed by atoms with Crippen LogP contribution in [0.2, 0.25) is 0 Å². The molecule has 0 aromatic rings.